The lowest BCUT2D eigenvalue weighted by molar-refractivity contribution is -0.116. The number of aldehydes is 1. The molecule has 1 nitrogen and oxygen atoms in total. The van der Waals surface area contributed by atoms with Gasteiger partial charge in [0.15, 0.2) is 0 Å². The van der Waals surface area contributed by atoms with Gasteiger partial charge < -0.3 is 4.79 Å². The molecular formula is C10H16O. The molecule has 0 saturated heterocycles. The molecule has 0 amide bonds. The van der Waals surface area contributed by atoms with Crippen molar-refractivity contribution >= 4 is 6.29 Å². The van der Waals surface area contributed by atoms with Crippen molar-refractivity contribution in [1.29, 1.82) is 0 Å². The molecule has 2 aliphatic carbocycles. The van der Waals surface area contributed by atoms with E-state index in [0.717, 1.165) is 11.8 Å². The van der Waals surface area contributed by atoms with E-state index in [1.165, 1.54) is 25.5 Å². The van der Waals surface area contributed by atoms with E-state index in [-0.39, 0.29) is 0 Å². The molecule has 11 heavy (non-hydrogen) atoms. The third-order valence-corrected chi connectivity index (χ3v) is 4.04. The van der Waals surface area contributed by atoms with E-state index in [0.29, 0.717) is 11.3 Å². The molecule has 0 radical (unpaired) electrons. The van der Waals surface area contributed by atoms with Crippen LogP contribution >= 0.6 is 0 Å². The summed E-state index contributed by atoms with van der Waals surface area (Å²) in [6, 6.07) is 0. The Balaban J connectivity index is 2.27. The minimum absolute atomic E-state index is 0.310. The van der Waals surface area contributed by atoms with Gasteiger partial charge in [-0.05, 0) is 36.5 Å². The van der Waals surface area contributed by atoms with Crippen LogP contribution in [0.15, 0.2) is 0 Å². The normalized spacial score (nSPS) is 46.2. The molecule has 0 aromatic heterocycles. The van der Waals surface area contributed by atoms with E-state index < -0.39 is 0 Å². The van der Waals surface area contributed by atoms with Crippen LogP contribution in [0.1, 0.15) is 33.1 Å². The van der Waals surface area contributed by atoms with Crippen molar-refractivity contribution in [2.75, 3.05) is 0 Å². The summed E-state index contributed by atoms with van der Waals surface area (Å²) in [7, 11) is 0. The maximum atomic E-state index is 10.8. The first kappa shape index (κ1) is 7.33. The molecule has 0 aliphatic heterocycles. The molecule has 2 aliphatic rings. The van der Waals surface area contributed by atoms with Crippen LogP contribution in [0.25, 0.3) is 0 Å². The summed E-state index contributed by atoms with van der Waals surface area (Å²) in [5.74, 6) is 1.93. The summed E-state index contributed by atoms with van der Waals surface area (Å²) in [6.07, 6.45) is 5.18. The number of carbonyl (C=O) groups excluding carboxylic acids is 1. The molecule has 62 valence electrons. The van der Waals surface area contributed by atoms with E-state index in [2.05, 4.69) is 13.8 Å². The molecule has 0 aromatic carbocycles. The standard InChI is InChI=1S/C10H16O/c1-10(2)8-4-3-7(5-8)9(10)6-11/h6-9H,3-5H2,1-2H3/t7-,8-,9+/m1/s1. The lowest BCUT2D eigenvalue weighted by atomic mass is 9.69. The van der Waals surface area contributed by atoms with Gasteiger partial charge in [-0.1, -0.05) is 13.8 Å². The molecule has 0 heterocycles. The van der Waals surface area contributed by atoms with E-state index >= 15 is 0 Å². The quantitative estimate of drug-likeness (QED) is 0.527. The largest absolute Gasteiger partial charge is 0.303 e. The molecule has 2 saturated carbocycles. The zero-order valence-electron chi connectivity index (χ0n) is 7.34. The van der Waals surface area contributed by atoms with Crippen LogP contribution in [0.2, 0.25) is 0 Å². The SMILES string of the molecule is CC1(C)[C@@H]2CC[C@H](C2)[C@@H]1C=O. The number of fused-ring (bicyclic) bond motifs is 2. The topological polar surface area (TPSA) is 17.1 Å². The van der Waals surface area contributed by atoms with Crippen molar-refractivity contribution in [3.05, 3.63) is 0 Å². The van der Waals surface area contributed by atoms with Crippen LogP contribution in [0.4, 0.5) is 0 Å². The van der Waals surface area contributed by atoms with Gasteiger partial charge in [-0.3, -0.25) is 0 Å². The van der Waals surface area contributed by atoms with Crippen LogP contribution in [0.3, 0.4) is 0 Å². The van der Waals surface area contributed by atoms with E-state index in [4.69, 9.17) is 0 Å². The number of hydrogen-bond donors (Lipinski definition) is 0. The first-order chi connectivity index (χ1) is 5.16. The highest BCUT2D eigenvalue weighted by Crippen LogP contribution is 2.58. The van der Waals surface area contributed by atoms with Gasteiger partial charge >= 0.3 is 0 Å². The highest BCUT2D eigenvalue weighted by molar-refractivity contribution is 5.57. The second kappa shape index (κ2) is 2.09. The van der Waals surface area contributed by atoms with Crippen LogP contribution in [-0.2, 0) is 4.79 Å². The molecule has 2 fully saturated rings. The van der Waals surface area contributed by atoms with Gasteiger partial charge in [0, 0.05) is 5.92 Å². The molecule has 3 atom stereocenters. The highest BCUT2D eigenvalue weighted by atomic mass is 16.1. The predicted octanol–water partition coefficient (Wildman–Crippen LogP) is 2.26. The van der Waals surface area contributed by atoms with Crippen molar-refractivity contribution in [1.82, 2.24) is 0 Å². The summed E-state index contributed by atoms with van der Waals surface area (Å²) >= 11 is 0. The second-order valence-electron chi connectivity index (χ2n) is 4.75. The molecule has 0 unspecified atom stereocenters. The van der Waals surface area contributed by atoms with E-state index in [1.807, 2.05) is 0 Å². The first-order valence-electron chi connectivity index (χ1n) is 4.61. The summed E-state index contributed by atoms with van der Waals surface area (Å²) in [5.41, 5.74) is 0.310. The minimum Gasteiger partial charge on any atom is -0.303 e. The van der Waals surface area contributed by atoms with E-state index in [9.17, 15) is 4.79 Å². The Labute approximate surface area is 68.2 Å². The van der Waals surface area contributed by atoms with Crippen LogP contribution < -0.4 is 0 Å². The average molecular weight is 152 g/mol. The van der Waals surface area contributed by atoms with Crippen molar-refractivity contribution in [3.8, 4) is 0 Å². The van der Waals surface area contributed by atoms with Gasteiger partial charge in [-0.2, -0.15) is 0 Å². The Morgan fingerprint density at radius 2 is 2.09 bits per heavy atom. The fourth-order valence-electron chi connectivity index (χ4n) is 3.18. The molecule has 0 spiro atoms. The van der Waals surface area contributed by atoms with Crippen LogP contribution in [-0.4, -0.2) is 6.29 Å². The summed E-state index contributed by atoms with van der Waals surface area (Å²) in [5, 5.41) is 0. The smallest absolute Gasteiger partial charge is 0.123 e. The lowest BCUT2D eigenvalue weighted by Crippen LogP contribution is -2.31. The third-order valence-electron chi connectivity index (χ3n) is 4.04. The fourth-order valence-corrected chi connectivity index (χ4v) is 3.18. The summed E-state index contributed by atoms with van der Waals surface area (Å²) in [4.78, 5) is 10.8. The zero-order valence-corrected chi connectivity index (χ0v) is 7.34. The van der Waals surface area contributed by atoms with Gasteiger partial charge in [-0.15, -0.1) is 0 Å². The summed E-state index contributed by atoms with van der Waals surface area (Å²) < 4.78 is 0. The minimum atomic E-state index is 0.310. The fraction of sp³-hybridized carbons (Fsp3) is 0.900. The molecule has 0 N–H and O–H groups in total. The van der Waals surface area contributed by atoms with Gasteiger partial charge in [0.05, 0.1) is 0 Å². The monoisotopic (exact) mass is 152 g/mol. The Morgan fingerprint density at radius 1 is 1.36 bits per heavy atom. The average Bonchev–Trinajstić information content (AvgIpc) is 2.44. The van der Waals surface area contributed by atoms with Crippen molar-refractivity contribution in [2.24, 2.45) is 23.2 Å². The Hall–Kier alpha value is -0.330. The molecular weight excluding hydrogens is 136 g/mol. The second-order valence-corrected chi connectivity index (χ2v) is 4.75. The predicted molar refractivity (Wildman–Crippen MR) is 44.2 cm³/mol. The number of hydrogen-bond acceptors (Lipinski definition) is 1. The third kappa shape index (κ3) is 0.800. The van der Waals surface area contributed by atoms with Crippen molar-refractivity contribution in [2.45, 2.75) is 33.1 Å². The molecule has 0 aromatic rings. The molecule has 1 heteroatoms. The van der Waals surface area contributed by atoms with Crippen molar-refractivity contribution < 1.29 is 4.79 Å². The Bertz CT molecular complexity index is 183. The van der Waals surface area contributed by atoms with Crippen molar-refractivity contribution in [3.63, 3.8) is 0 Å². The first-order valence-corrected chi connectivity index (χ1v) is 4.61. The Morgan fingerprint density at radius 3 is 2.45 bits per heavy atom. The zero-order chi connectivity index (χ0) is 8.06. The van der Waals surface area contributed by atoms with E-state index in [1.54, 1.807) is 0 Å². The van der Waals surface area contributed by atoms with Gasteiger partial charge in [0.2, 0.25) is 0 Å². The number of rotatable bonds is 1. The lowest BCUT2D eigenvalue weighted by Gasteiger charge is -2.34. The summed E-state index contributed by atoms with van der Waals surface area (Å²) in [6.45, 7) is 4.52. The Kier molecular flexibility index (Phi) is 1.39. The maximum Gasteiger partial charge on any atom is 0.123 e. The molecule has 2 bridgehead atoms. The van der Waals surface area contributed by atoms with Gasteiger partial charge in [-0.25, -0.2) is 0 Å². The van der Waals surface area contributed by atoms with Gasteiger partial charge in [0.1, 0.15) is 6.29 Å². The van der Waals surface area contributed by atoms with Crippen LogP contribution in [0, 0.1) is 23.2 Å². The van der Waals surface area contributed by atoms with Gasteiger partial charge in [0.25, 0.3) is 0 Å². The molecule has 2 rings (SSSR count). The highest BCUT2D eigenvalue weighted by Gasteiger charge is 2.52. The number of carbonyl (C=O) groups is 1. The maximum absolute atomic E-state index is 10.8. The van der Waals surface area contributed by atoms with Crippen LogP contribution in [0.5, 0.6) is 0 Å².